The number of carbonyl (C=O) groups is 1. The normalized spacial score (nSPS) is 12.2. The van der Waals surface area contributed by atoms with E-state index >= 15 is 0 Å². The Morgan fingerprint density at radius 3 is 2.55 bits per heavy atom. The van der Waals surface area contributed by atoms with Gasteiger partial charge in [0.05, 0.1) is 10.8 Å². The van der Waals surface area contributed by atoms with Crippen molar-refractivity contribution >= 4 is 39.1 Å². The van der Waals surface area contributed by atoms with Gasteiger partial charge in [0.1, 0.15) is 0 Å². The van der Waals surface area contributed by atoms with Crippen LogP contribution in [0.5, 0.6) is 0 Å². The van der Waals surface area contributed by atoms with E-state index < -0.39 is 16.2 Å². The monoisotopic (exact) mass is 340 g/mol. The molecule has 6 nitrogen and oxygen atoms in total. The lowest BCUT2D eigenvalue weighted by Crippen LogP contribution is -2.42. The Morgan fingerprint density at radius 2 is 2.10 bits per heavy atom. The van der Waals surface area contributed by atoms with E-state index in [-0.39, 0.29) is 19.5 Å². The topological polar surface area (TPSA) is 77.9 Å². The molecule has 114 valence electrons. The Labute approximate surface area is 127 Å². The number of thiophene rings is 1. The number of hydrogen-bond donors (Lipinski definition) is 1. The summed E-state index contributed by atoms with van der Waals surface area (Å²) in [4.78, 5) is 11.4. The van der Waals surface area contributed by atoms with Crippen molar-refractivity contribution in [1.82, 2.24) is 8.61 Å². The standard InChI is InChI=1S/C11H17ClN2O4S2/c1-3-14(8-9-4-5-10(12)19-9)20(17,18)13(2)7-6-11(15)16/h4-5H,3,6-8H2,1-2H3,(H,15,16). The molecule has 0 unspecified atom stereocenters. The van der Waals surface area contributed by atoms with Crippen LogP contribution in [0.3, 0.4) is 0 Å². The van der Waals surface area contributed by atoms with E-state index in [9.17, 15) is 13.2 Å². The van der Waals surface area contributed by atoms with Crippen LogP contribution in [0.25, 0.3) is 0 Å². The van der Waals surface area contributed by atoms with E-state index in [1.54, 1.807) is 19.1 Å². The summed E-state index contributed by atoms with van der Waals surface area (Å²) in [6, 6.07) is 3.50. The van der Waals surface area contributed by atoms with Crippen LogP contribution in [0.2, 0.25) is 4.34 Å². The molecule has 0 spiro atoms. The Kier molecular flexibility index (Phi) is 6.41. The second-order valence-electron chi connectivity index (χ2n) is 4.11. The summed E-state index contributed by atoms with van der Waals surface area (Å²) in [6.45, 7) is 2.21. The molecule has 1 N–H and O–H groups in total. The average Bonchev–Trinajstić information content (AvgIpc) is 2.78. The number of carboxylic acids is 1. The van der Waals surface area contributed by atoms with Gasteiger partial charge in [0.15, 0.2) is 0 Å². The predicted octanol–water partition coefficient (Wildman–Crippen LogP) is 1.87. The molecular weight excluding hydrogens is 324 g/mol. The van der Waals surface area contributed by atoms with E-state index in [1.807, 2.05) is 0 Å². The minimum atomic E-state index is -3.67. The van der Waals surface area contributed by atoms with Gasteiger partial charge in [-0.3, -0.25) is 4.79 Å². The van der Waals surface area contributed by atoms with Crippen LogP contribution < -0.4 is 0 Å². The molecule has 0 aliphatic heterocycles. The zero-order valence-corrected chi connectivity index (χ0v) is 13.6. The highest BCUT2D eigenvalue weighted by atomic mass is 35.5. The summed E-state index contributed by atoms with van der Waals surface area (Å²) in [5, 5.41) is 8.61. The molecule has 0 amide bonds. The first-order valence-electron chi connectivity index (χ1n) is 5.94. The molecule has 1 rings (SSSR count). The van der Waals surface area contributed by atoms with Crippen molar-refractivity contribution in [2.45, 2.75) is 19.9 Å². The van der Waals surface area contributed by atoms with Gasteiger partial charge in [0.2, 0.25) is 0 Å². The van der Waals surface area contributed by atoms with Crippen molar-refractivity contribution in [2.75, 3.05) is 20.1 Å². The van der Waals surface area contributed by atoms with E-state index in [1.165, 1.54) is 22.7 Å². The largest absolute Gasteiger partial charge is 0.481 e. The minimum Gasteiger partial charge on any atom is -0.481 e. The fourth-order valence-corrected chi connectivity index (χ4v) is 4.06. The molecule has 0 aromatic carbocycles. The molecule has 0 atom stereocenters. The maximum absolute atomic E-state index is 12.3. The summed E-state index contributed by atoms with van der Waals surface area (Å²) in [5.74, 6) is -1.03. The Hall–Kier alpha value is -0.670. The first-order valence-corrected chi connectivity index (χ1v) is 8.54. The third kappa shape index (κ3) is 4.71. The number of aliphatic carboxylic acids is 1. The first kappa shape index (κ1) is 17.4. The number of nitrogens with zero attached hydrogens (tertiary/aromatic N) is 2. The van der Waals surface area contributed by atoms with Crippen LogP contribution >= 0.6 is 22.9 Å². The highest BCUT2D eigenvalue weighted by Crippen LogP contribution is 2.24. The average molecular weight is 341 g/mol. The molecule has 0 aliphatic rings. The second kappa shape index (κ2) is 7.37. The van der Waals surface area contributed by atoms with E-state index in [0.717, 1.165) is 9.18 Å². The number of rotatable bonds is 8. The Balaban J connectivity index is 2.78. The third-order valence-corrected chi connectivity index (χ3v) is 5.90. The van der Waals surface area contributed by atoms with Crippen LogP contribution in [0.15, 0.2) is 12.1 Å². The Morgan fingerprint density at radius 1 is 1.45 bits per heavy atom. The van der Waals surface area contributed by atoms with Crippen molar-refractivity contribution in [1.29, 1.82) is 0 Å². The van der Waals surface area contributed by atoms with Crippen molar-refractivity contribution in [2.24, 2.45) is 0 Å². The quantitative estimate of drug-likeness (QED) is 0.783. The molecule has 0 fully saturated rings. The highest BCUT2D eigenvalue weighted by Gasteiger charge is 2.26. The van der Waals surface area contributed by atoms with Crippen LogP contribution in [-0.2, 0) is 21.5 Å². The lowest BCUT2D eigenvalue weighted by atomic mass is 10.4. The van der Waals surface area contributed by atoms with Crippen molar-refractivity contribution in [3.8, 4) is 0 Å². The molecule has 0 saturated carbocycles. The van der Waals surface area contributed by atoms with Crippen LogP contribution in [-0.4, -0.2) is 48.2 Å². The number of halogens is 1. The molecule has 0 radical (unpaired) electrons. The van der Waals surface area contributed by atoms with Crippen molar-refractivity contribution < 1.29 is 18.3 Å². The van der Waals surface area contributed by atoms with E-state index in [0.29, 0.717) is 10.9 Å². The third-order valence-electron chi connectivity index (χ3n) is 2.67. The molecular formula is C11H17ClN2O4S2. The van der Waals surface area contributed by atoms with Gasteiger partial charge in [-0.25, -0.2) is 0 Å². The highest BCUT2D eigenvalue weighted by molar-refractivity contribution is 7.86. The molecule has 1 heterocycles. The lowest BCUT2D eigenvalue weighted by Gasteiger charge is -2.25. The Bertz CT molecular complexity index is 559. The molecule has 1 aromatic rings. The molecule has 9 heteroatoms. The van der Waals surface area contributed by atoms with Crippen LogP contribution in [0.4, 0.5) is 0 Å². The molecule has 0 saturated heterocycles. The van der Waals surface area contributed by atoms with E-state index in [2.05, 4.69) is 0 Å². The summed E-state index contributed by atoms with van der Waals surface area (Å²) in [6.07, 6.45) is -0.224. The molecule has 1 aromatic heterocycles. The van der Waals surface area contributed by atoms with Gasteiger partial charge >= 0.3 is 5.97 Å². The SMILES string of the molecule is CCN(Cc1ccc(Cl)s1)S(=O)(=O)N(C)CCC(=O)O. The zero-order valence-electron chi connectivity index (χ0n) is 11.2. The van der Waals surface area contributed by atoms with Gasteiger partial charge in [-0.15, -0.1) is 11.3 Å². The van der Waals surface area contributed by atoms with Crippen LogP contribution in [0, 0.1) is 0 Å². The molecule has 0 aliphatic carbocycles. The van der Waals surface area contributed by atoms with Gasteiger partial charge in [0.25, 0.3) is 10.2 Å². The number of carboxylic acid groups (broad SMARTS) is 1. The first-order chi connectivity index (χ1) is 9.27. The van der Waals surface area contributed by atoms with Gasteiger partial charge in [-0.1, -0.05) is 18.5 Å². The minimum absolute atomic E-state index is 0.0562. The zero-order chi connectivity index (χ0) is 15.3. The molecule has 20 heavy (non-hydrogen) atoms. The molecule has 0 bridgehead atoms. The van der Waals surface area contributed by atoms with Gasteiger partial charge in [-0.05, 0) is 12.1 Å². The lowest BCUT2D eigenvalue weighted by molar-refractivity contribution is -0.137. The van der Waals surface area contributed by atoms with Gasteiger partial charge in [0, 0.05) is 31.6 Å². The van der Waals surface area contributed by atoms with Crippen molar-refractivity contribution in [3.63, 3.8) is 0 Å². The van der Waals surface area contributed by atoms with E-state index in [4.69, 9.17) is 16.7 Å². The van der Waals surface area contributed by atoms with Crippen LogP contribution in [0.1, 0.15) is 18.2 Å². The number of hydrogen-bond acceptors (Lipinski definition) is 4. The summed E-state index contributed by atoms with van der Waals surface area (Å²) in [7, 11) is -2.29. The van der Waals surface area contributed by atoms with Crippen molar-refractivity contribution in [3.05, 3.63) is 21.3 Å². The maximum Gasteiger partial charge on any atom is 0.304 e. The maximum atomic E-state index is 12.3. The fraction of sp³-hybridized carbons (Fsp3) is 0.545. The van der Waals surface area contributed by atoms with Gasteiger partial charge < -0.3 is 5.11 Å². The smallest absolute Gasteiger partial charge is 0.304 e. The summed E-state index contributed by atoms with van der Waals surface area (Å²) >= 11 is 7.15. The summed E-state index contributed by atoms with van der Waals surface area (Å²) in [5.41, 5.74) is 0. The fourth-order valence-electron chi connectivity index (χ4n) is 1.53. The predicted molar refractivity (Wildman–Crippen MR) is 79.2 cm³/mol. The van der Waals surface area contributed by atoms with Gasteiger partial charge in [-0.2, -0.15) is 17.0 Å². The second-order valence-corrected chi connectivity index (χ2v) is 7.94. The summed E-state index contributed by atoms with van der Waals surface area (Å²) < 4.78 is 27.6.